The van der Waals surface area contributed by atoms with E-state index < -0.39 is 15.8 Å². The molecule has 0 amide bonds. The molecule has 2 unspecified atom stereocenters. The number of aromatic nitrogens is 2. The molecule has 0 radical (unpaired) electrons. The first kappa shape index (κ1) is 24.0. The molecule has 7 nitrogen and oxygen atoms in total. The number of nitrogens with zero attached hydrogens (tertiary/aromatic N) is 3. The van der Waals surface area contributed by atoms with Crippen molar-refractivity contribution in [2.24, 2.45) is 0 Å². The van der Waals surface area contributed by atoms with E-state index in [2.05, 4.69) is 23.7 Å². The smallest absolute Gasteiger partial charge is 0.351 e. The Balaban J connectivity index is 1.80. The molecule has 2 atom stereocenters. The van der Waals surface area contributed by atoms with Crippen LogP contribution in [0.4, 0.5) is 0 Å². The molecular weight excluding hydrogens is 438 g/mol. The van der Waals surface area contributed by atoms with Gasteiger partial charge in [0, 0.05) is 24.8 Å². The van der Waals surface area contributed by atoms with Gasteiger partial charge in [-0.25, -0.2) is 4.79 Å². The molecule has 4 rings (SSSR count). The summed E-state index contributed by atoms with van der Waals surface area (Å²) in [7, 11) is -4.19. The van der Waals surface area contributed by atoms with E-state index in [-0.39, 0.29) is 34.6 Å². The van der Waals surface area contributed by atoms with E-state index in [1.807, 2.05) is 39.8 Å². The van der Waals surface area contributed by atoms with Gasteiger partial charge < -0.3 is 4.18 Å². The lowest BCUT2D eigenvalue weighted by atomic mass is 9.89. The third-order valence-corrected chi connectivity index (χ3v) is 8.13. The predicted molar refractivity (Wildman–Crippen MR) is 129 cm³/mol. The highest BCUT2D eigenvalue weighted by atomic mass is 32.2. The number of rotatable bonds is 6. The number of hydrogen-bond acceptors (Lipinski definition) is 6. The Morgan fingerprint density at radius 3 is 2.21 bits per heavy atom. The molecule has 2 aliphatic heterocycles. The molecule has 0 N–H and O–H groups in total. The minimum Gasteiger partial charge on any atom is -0.358 e. The van der Waals surface area contributed by atoms with Crippen LogP contribution < -0.4 is 9.87 Å². The van der Waals surface area contributed by atoms with Crippen molar-refractivity contribution in [1.29, 1.82) is 0 Å². The van der Waals surface area contributed by atoms with Gasteiger partial charge in [-0.2, -0.15) is 13.4 Å². The zero-order valence-corrected chi connectivity index (χ0v) is 21.3. The van der Waals surface area contributed by atoms with Gasteiger partial charge in [0.2, 0.25) is 5.88 Å². The van der Waals surface area contributed by atoms with Crippen LogP contribution in [0.5, 0.6) is 5.88 Å². The summed E-state index contributed by atoms with van der Waals surface area (Å²) < 4.78 is 34.5. The van der Waals surface area contributed by atoms with Crippen LogP contribution in [0.3, 0.4) is 0 Å². The minimum atomic E-state index is -4.19. The number of benzene rings is 1. The van der Waals surface area contributed by atoms with E-state index in [0.29, 0.717) is 6.54 Å². The summed E-state index contributed by atoms with van der Waals surface area (Å²) in [6.07, 6.45) is 1.98. The Labute approximate surface area is 196 Å². The molecule has 2 bridgehead atoms. The van der Waals surface area contributed by atoms with Crippen LogP contribution in [0, 0.1) is 0 Å². The summed E-state index contributed by atoms with van der Waals surface area (Å²) in [6.45, 7) is 14.6. The van der Waals surface area contributed by atoms with Gasteiger partial charge in [0.25, 0.3) is 0 Å². The topological polar surface area (TPSA) is 81.5 Å². The zero-order valence-electron chi connectivity index (χ0n) is 20.5. The summed E-state index contributed by atoms with van der Waals surface area (Å²) in [4.78, 5) is 19.4. The molecule has 0 saturated carbocycles. The molecule has 33 heavy (non-hydrogen) atoms. The second-order valence-electron chi connectivity index (χ2n) is 10.3. The number of piperidine rings is 1. The van der Waals surface area contributed by atoms with Crippen molar-refractivity contribution >= 4 is 10.1 Å². The van der Waals surface area contributed by atoms with E-state index in [4.69, 9.17) is 4.18 Å². The first-order valence-electron chi connectivity index (χ1n) is 11.9. The van der Waals surface area contributed by atoms with Crippen LogP contribution in [-0.4, -0.2) is 36.0 Å². The Hall–Kier alpha value is -2.19. The molecule has 8 heteroatoms. The molecule has 1 saturated heterocycles. The fourth-order valence-corrected chi connectivity index (χ4v) is 6.58. The van der Waals surface area contributed by atoms with Gasteiger partial charge in [-0.3, -0.25) is 9.47 Å². The molecule has 1 aromatic heterocycles. The molecule has 1 aromatic carbocycles. The minimum absolute atomic E-state index is 0.0103. The van der Waals surface area contributed by atoms with Crippen molar-refractivity contribution in [3.8, 4) is 5.88 Å². The summed E-state index contributed by atoms with van der Waals surface area (Å²) in [5.74, 6) is 0.104. The Morgan fingerprint density at radius 1 is 1.00 bits per heavy atom. The number of fused-ring (bicyclic) bond motifs is 4. The molecule has 2 aliphatic rings. The lowest BCUT2D eigenvalue weighted by molar-refractivity contribution is 0.129. The summed E-state index contributed by atoms with van der Waals surface area (Å²) >= 11 is 0. The Morgan fingerprint density at radius 2 is 1.64 bits per heavy atom. The van der Waals surface area contributed by atoms with Crippen molar-refractivity contribution in [1.82, 2.24) is 14.5 Å². The lowest BCUT2D eigenvalue weighted by Gasteiger charge is -2.39. The standard InChI is InChI=1S/C25H35N3O4S/c1-15(2)18-10-21(16(3)4)24(22(11-18)17(5)6)33(30,31)32-23-12-20-14-27-9-7-8-19(13-27)28(20)25(29)26-23/h10-12,15-17,19H,7-9,13-14H2,1-6H3. The third-order valence-electron chi connectivity index (χ3n) is 6.77. The second kappa shape index (κ2) is 8.87. The van der Waals surface area contributed by atoms with Crippen LogP contribution in [0.1, 0.15) is 101 Å². The van der Waals surface area contributed by atoms with E-state index >= 15 is 0 Å². The molecule has 1 fully saturated rings. The van der Waals surface area contributed by atoms with Gasteiger partial charge in [-0.05, 0) is 53.8 Å². The fraction of sp³-hybridized carbons (Fsp3) is 0.600. The normalized spacial score (nSPS) is 20.4. The highest BCUT2D eigenvalue weighted by Gasteiger charge is 2.32. The quantitative estimate of drug-likeness (QED) is 0.573. The maximum absolute atomic E-state index is 13.6. The SMILES string of the molecule is CC(C)c1cc(C(C)C)c(S(=O)(=O)Oc2cc3n(c(=O)n2)C2CCCN(C3)C2)c(C(C)C)c1. The molecule has 3 heterocycles. The van der Waals surface area contributed by atoms with Crippen LogP contribution in [0.25, 0.3) is 0 Å². The maximum Gasteiger partial charge on any atom is 0.351 e. The van der Waals surface area contributed by atoms with E-state index in [0.717, 1.165) is 48.3 Å². The Bertz CT molecular complexity index is 1190. The average Bonchev–Trinajstić information content (AvgIpc) is 2.71. The predicted octanol–water partition coefficient (Wildman–Crippen LogP) is 4.53. The van der Waals surface area contributed by atoms with Gasteiger partial charge in [-0.1, -0.05) is 53.7 Å². The average molecular weight is 474 g/mol. The lowest BCUT2D eigenvalue weighted by Crippen LogP contribution is -2.46. The van der Waals surface area contributed by atoms with E-state index in [9.17, 15) is 13.2 Å². The monoisotopic (exact) mass is 473 g/mol. The van der Waals surface area contributed by atoms with Crippen LogP contribution in [0.2, 0.25) is 0 Å². The molecule has 0 aliphatic carbocycles. The summed E-state index contributed by atoms with van der Waals surface area (Å²) in [5, 5.41) is 0. The van der Waals surface area contributed by atoms with Crippen molar-refractivity contribution < 1.29 is 12.6 Å². The first-order valence-corrected chi connectivity index (χ1v) is 13.4. The van der Waals surface area contributed by atoms with Gasteiger partial charge in [0.1, 0.15) is 4.90 Å². The van der Waals surface area contributed by atoms with Gasteiger partial charge in [0.05, 0.1) is 6.04 Å². The molecular formula is C25H35N3O4S. The van der Waals surface area contributed by atoms with Gasteiger partial charge in [-0.15, -0.1) is 0 Å². The van der Waals surface area contributed by atoms with Crippen molar-refractivity contribution in [3.05, 3.63) is 51.1 Å². The summed E-state index contributed by atoms with van der Waals surface area (Å²) in [6, 6.07) is 5.66. The second-order valence-corrected chi connectivity index (χ2v) is 11.8. The third kappa shape index (κ3) is 4.60. The molecule has 180 valence electrons. The zero-order chi connectivity index (χ0) is 24.1. The number of hydrogen-bond donors (Lipinski definition) is 0. The van der Waals surface area contributed by atoms with Crippen LogP contribution >= 0.6 is 0 Å². The van der Waals surface area contributed by atoms with Crippen molar-refractivity contribution in [3.63, 3.8) is 0 Å². The van der Waals surface area contributed by atoms with Crippen molar-refractivity contribution in [2.75, 3.05) is 13.1 Å². The van der Waals surface area contributed by atoms with Crippen LogP contribution in [-0.2, 0) is 16.7 Å². The van der Waals surface area contributed by atoms with Crippen molar-refractivity contribution in [2.45, 2.75) is 89.6 Å². The van der Waals surface area contributed by atoms with Gasteiger partial charge >= 0.3 is 15.8 Å². The Kier molecular flexibility index (Phi) is 6.44. The van der Waals surface area contributed by atoms with Gasteiger partial charge in [0.15, 0.2) is 0 Å². The van der Waals surface area contributed by atoms with Crippen LogP contribution in [0.15, 0.2) is 27.9 Å². The molecule has 0 spiro atoms. The maximum atomic E-state index is 13.6. The summed E-state index contributed by atoms with van der Waals surface area (Å²) in [5.41, 5.74) is 2.90. The molecule has 2 aromatic rings. The first-order chi connectivity index (χ1) is 15.5. The fourth-order valence-electron chi connectivity index (χ4n) is 5.02. The highest BCUT2D eigenvalue weighted by Crippen LogP contribution is 2.36. The van der Waals surface area contributed by atoms with E-state index in [1.165, 1.54) is 0 Å². The van der Waals surface area contributed by atoms with E-state index in [1.54, 1.807) is 10.6 Å². The highest BCUT2D eigenvalue weighted by molar-refractivity contribution is 7.87. The largest absolute Gasteiger partial charge is 0.358 e.